The molecule has 7 heteroatoms. The van der Waals surface area contributed by atoms with Gasteiger partial charge in [-0.15, -0.1) is 0 Å². The molecule has 2 N–H and O–H groups in total. The zero-order valence-corrected chi connectivity index (χ0v) is 14.1. The van der Waals surface area contributed by atoms with Crippen molar-refractivity contribution in [2.24, 2.45) is 0 Å². The Morgan fingerprint density at radius 1 is 1.24 bits per heavy atom. The van der Waals surface area contributed by atoms with Gasteiger partial charge in [0.05, 0.1) is 0 Å². The topological polar surface area (TPSA) is 86.8 Å². The van der Waals surface area contributed by atoms with Crippen LogP contribution in [-0.4, -0.2) is 51.3 Å². The molecule has 128 valence electrons. The van der Waals surface area contributed by atoms with Gasteiger partial charge in [0.2, 0.25) is 0 Å². The summed E-state index contributed by atoms with van der Waals surface area (Å²) < 4.78 is 0. The molecule has 0 aliphatic carbocycles. The summed E-state index contributed by atoms with van der Waals surface area (Å²) in [6, 6.07) is 9.56. The molecule has 1 aliphatic rings. The molecule has 1 saturated heterocycles. The van der Waals surface area contributed by atoms with Crippen LogP contribution in [0.2, 0.25) is 0 Å². The van der Waals surface area contributed by atoms with E-state index in [1.165, 1.54) is 5.56 Å². The minimum atomic E-state index is 0.0532. The lowest BCUT2D eigenvalue weighted by molar-refractivity contribution is 0.0707. The number of anilines is 1. The molecular formula is C18H20N6O. The Labute approximate surface area is 145 Å². The van der Waals surface area contributed by atoms with Gasteiger partial charge < -0.3 is 10.2 Å². The fraction of sp³-hybridized carbons (Fsp3) is 0.333. The number of hydrogen-bond donors (Lipinski definition) is 2. The summed E-state index contributed by atoms with van der Waals surface area (Å²) in [6.45, 7) is 1.51. The zero-order valence-electron chi connectivity index (χ0n) is 14.1. The third-order valence-corrected chi connectivity index (χ3v) is 4.78. The summed E-state index contributed by atoms with van der Waals surface area (Å²) in [5.74, 6) is 1.25. The number of nitrogens with one attached hydrogen (secondary N) is 2. The largest absolute Gasteiger partial charge is 0.373 e. The quantitative estimate of drug-likeness (QED) is 0.767. The van der Waals surface area contributed by atoms with E-state index in [1.807, 2.05) is 36.3 Å². The fourth-order valence-electron chi connectivity index (χ4n) is 3.43. The van der Waals surface area contributed by atoms with Crippen LogP contribution in [0.25, 0.3) is 11.0 Å². The van der Waals surface area contributed by atoms with Crippen LogP contribution in [0, 0.1) is 0 Å². The highest BCUT2D eigenvalue weighted by Gasteiger charge is 2.26. The Morgan fingerprint density at radius 2 is 2.12 bits per heavy atom. The Balaban J connectivity index is 1.54. The number of benzene rings is 1. The van der Waals surface area contributed by atoms with Crippen LogP contribution in [0.5, 0.6) is 0 Å². The molecule has 1 amide bonds. The Bertz CT molecular complexity index is 905. The van der Waals surface area contributed by atoms with Crippen LogP contribution in [-0.2, 0) is 0 Å². The van der Waals surface area contributed by atoms with Gasteiger partial charge in [0.25, 0.3) is 5.91 Å². The molecule has 1 atom stereocenters. The van der Waals surface area contributed by atoms with Gasteiger partial charge in [0.15, 0.2) is 0 Å². The standard InChI is InChI=1S/C18H20N6O/c1-19-17-10-12(6-7-20-17)14-3-2-8-24(11-14)18(25)13-4-5-15-16(9-13)22-23-21-15/h4-7,9-10,14H,2-3,8,11H2,1H3,(H,19,20)(H,21,22,23). The van der Waals surface area contributed by atoms with Crippen molar-refractivity contribution in [2.45, 2.75) is 18.8 Å². The maximum absolute atomic E-state index is 12.9. The second-order valence-corrected chi connectivity index (χ2v) is 6.34. The fourth-order valence-corrected chi connectivity index (χ4v) is 3.43. The highest BCUT2D eigenvalue weighted by molar-refractivity contribution is 5.97. The lowest BCUT2D eigenvalue weighted by atomic mass is 9.90. The maximum atomic E-state index is 12.9. The van der Waals surface area contributed by atoms with Crippen LogP contribution >= 0.6 is 0 Å². The number of carbonyl (C=O) groups is 1. The number of hydrogen-bond acceptors (Lipinski definition) is 5. The van der Waals surface area contributed by atoms with Gasteiger partial charge in [-0.3, -0.25) is 4.79 Å². The van der Waals surface area contributed by atoms with Crippen LogP contribution in [0.4, 0.5) is 5.82 Å². The molecular weight excluding hydrogens is 316 g/mol. The zero-order chi connectivity index (χ0) is 17.2. The van der Waals surface area contributed by atoms with E-state index >= 15 is 0 Å². The molecule has 3 aromatic rings. The number of rotatable bonds is 3. The molecule has 0 spiro atoms. The second-order valence-electron chi connectivity index (χ2n) is 6.34. The van der Waals surface area contributed by atoms with Gasteiger partial charge in [-0.2, -0.15) is 15.4 Å². The Kier molecular flexibility index (Phi) is 4.05. The van der Waals surface area contributed by atoms with Crippen LogP contribution in [0.1, 0.15) is 34.7 Å². The molecule has 3 heterocycles. The number of likely N-dealkylation sites (tertiary alicyclic amines) is 1. The third-order valence-electron chi connectivity index (χ3n) is 4.78. The monoisotopic (exact) mass is 336 g/mol. The number of nitrogens with zero attached hydrogens (tertiary/aromatic N) is 4. The molecule has 1 unspecified atom stereocenters. The smallest absolute Gasteiger partial charge is 0.253 e. The van der Waals surface area contributed by atoms with E-state index in [2.05, 4.69) is 31.8 Å². The molecule has 7 nitrogen and oxygen atoms in total. The van der Waals surface area contributed by atoms with Crippen molar-refractivity contribution >= 4 is 22.8 Å². The van der Waals surface area contributed by atoms with E-state index in [0.717, 1.165) is 37.3 Å². The maximum Gasteiger partial charge on any atom is 0.253 e. The van der Waals surface area contributed by atoms with Crippen molar-refractivity contribution < 1.29 is 4.79 Å². The van der Waals surface area contributed by atoms with Crippen molar-refractivity contribution in [3.63, 3.8) is 0 Å². The lowest BCUT2D eigenvalue weighted by Gasteiger charge is -2.33. The number of aromatic amines is 1. The van der Waals surface area contributed by atoms with Gasteiger partial charge in [0, 0.05) is 37.8 Å². The molecule has 1 aromatic carbocycles. The molecule has 2 aromatic heterocycles. The number of pyridine rings is 1. The van der Waals surface area contributed by atoms with E-state index in [1.54, 1.807) is 6.07 Å². The number of H-pyrrole nitrogens is 1. The van der Waals surface area contributed by atoms with Gasteiger partial charge >= 0.3 is 0 Å². The summed E-state index contributed by atoms with van der Waals surface area (Å²) in [4.78, 5) is 19.1. The number of aromatic nitrogens is 4. The number of amides is 1. The van der Waals surface area contributed by atoms with Crippen molar-refractivity contribution in [3.05, 3.63) is 47.7 Å². The molecule has 0 saturated carbocycles. The van der Waals surface area contributed by atoms with Gasteiger partial charge in [-0.1, -0.05) is 0 Å². The predicted molar refractivity (Wildman–Crippen MR) is 95.6 cm³/mol. The predicted octanol–water partition coefficient (Wildman–Crippen LogP) is 2.41. The van der Waals surface area contributed by atoms with E-state index in [4.69, 9.17) is 0 Å². The first-order chi connectivity index (χ1) is 12.2. The highest BCUT2D eigenvalue weighted by Crippen LogP contribution is 2.28. The van der Waals surface area contributed by atoms with Gasteiger partial charge in [0.1, 0.15) is 16.9 Å². The van der Waals surface area contributed by atoms with Crippen LogP contribution in [0.3, 0.4) is 0 Å². The summed E-state index contributed by atoms with van der Waals surface area (Å²) in [6.07, 6.45) is 3.90. The minimum Gasteiger partial charge on any atom is -0.373 e. The molecule has 0 bridgehead atoms. The third kappa shape index (κ3) is 3.05. The summed E-state index contributed by atoms with van der Waals surface area (Å²) in [5, 5.41) is 13.8. The SMILES string of the molecule is CNc1cc(C2CCCN(C(=O)c3ccc4n[nH]nc4c3)C2)ccn1. The molecule has 4 rings (SSSR count). The first-order valence-electron chi connectivity index (χ1n) is 8.48. The first-order valence-corrected chi connectivity index (χ1v) is 8.48. The number of piperidine rings is 1. The molecule has 1 fully saturated rings. The first kappa shape index (κ1) is 15.6. The van der Waals surface area contributed by atoms with Crippen molar-refractivity contribution in [1.29, 1.82) is 0 Å². The molecule has 0 radical (unpaired) electrons. The normalized spacial score (nSPS) is 17.6. The summed E-state index contributed by atoms with van der Waals surface area (Å²) in [7, 11) is 1.86. The average Bonchev–Trinajstić information content (AvgIpc) is 3.15. The summed E-state index contributed by atoms with van der Waals surface area (Å²) >= 11 is 0. The van der Waals surface area contributed by atoms with E-state index in [9.17, 15) is 4.79 Å². The highest BCUT2D eigenvalue weighted by atomic mass is 16.2. The van der Waals surface area contributed by atoms with Crippen molar-refractivity contribution in [3.8, 4) is 0 Å². The Hall–Kier alpha value is -2.96. The van der Waals surface area contributed by atoms with Crippen molar-refractivity contribution in [1.82, 2.24) is 25.3 Å². The minimum absolute atomic E-state index is 0.0532. The van der Waals surface area contributed by atoms with E-state index in [0.29, 0.717) is 17.0 Å². The van der Waals surface area contributed by atoms with Gasteiger partial charge in [-0.25, -0.2) is 4.98 Å². The molecule has 25 heavy (non-hydrogen) atoms. The van der Waals surface area contributed by atoms with E-state index in [-0.39, 0.29) is 5.91 Å². The molecule has 1 aliphatic heterocycles. The lowest BCUT2D eigenvalue weighted by Crippen LogP contribution is -2.39. The van der Waals surface area contributed by atoms with Crippen LogP contribution < -0.4 is 5.32 Å². The summed E-state index contributed by atoms with van der Waals surface area (Å²) in [5.41, 5.74) is 3.37. The van der Waals surface area contributed by atoms with Crippen LogP contribution in [0.15, 0.2) is 36.5 Å². The number of fused-ring (bicyclic) bond motifs is 1. The number of carbonyl (C=O) groups excluding carboxylic acids is 1. The van der Waals surface area contributed by atoms with Crippen molar-refractivity contribution in [2.75, 3.05) is 25.5 Å². The second kappa shape index (κ2) is 6.51. The average molecular weight is 336 g/mol. The Morgan fingerprint density at radius 3 is 3.00 bits per heavy atom. The van der Waals surface area contributed by atoms with E-state index < -0.39 is 0 Å². The van der Waals surface area contributed by atoms with Gasteiger partial charge in [-0.05, 0) is 48.7 Å².